The Morgan fingerprint density at radius 3 is 0.985 bits per heavy atom. The van der Waals surface area contributed by atoms with Crippen molar-refractivity contribution in [2.24, 2.45) is 0 Å². The first-order valence-electron chi connectivity index (χ1n) is 17.3. The Balaban J connectivity index is 0.000000289. The van der Waals surface area contributed by atoms with Gasteiger partial charge < -0.3 is 0 Å². The van der Waals surface area contributed by atoms with E-state index in [1.165, 1.54) is 0 Å². The number of para-hydroxylation sites is 1. The second-order valence-electron chi connectivity index (χ2n) is 13.4. The number of nitro groups is 1. The van der Waals surface area contributed by atoms with Crippen molar-refractivity contribution in [2.45, 2.75) is 6.54 Å². The molecule has 0 aliphatic heterocycles. The van der Waals surface area contributed by atoms with Gasteiger partial charge in [0.05, 0.1) is 10.3 Å². The van der Waals surface area contributed by atoms with Gasteiger partial charge in [-0.1, -0.05) is 36.4 Å². The molecule has 0 unspecified atom stereocenters. The number of non-ortho nitro benzene ring substituents is 1. The van der Waals surface area contributed by atoms with E-state index in [0.717, 1.165) is 10.9 Å². The van der Waals surface area contributed by atoms with E-state index in [9.17, 15) is 62.8 Å². The van der Waals surface area contributed by atoms with Crippen LogP contribution in [0.5, 0.6) is 0 Å². The third-order valence-corrected chi connectivity index (χ3v) is 9.97. The van der Waals surface area contributed by atoms with E-state index < -0.39 is 144 Å². The minimum absolute atomic E-state index is 0.138. The molecule has 1 heterocycles. The van der Waals surface area contributed by atoms with Crippen molar-refractivity contribution in [3.8, 4) is 0 Å². The first kappa shape index (κ1) is 47.3. The van der Waals surface area contributed by atoms with Crippen LogP contribution in [0.1, 0.15) is 5.56 Å². The largest absolute Gasteiger partial charge is 0.340 e. The third-order valence-electron chi connectivity index (χ3n) is 9.97. The van der Waals surface area contributed by atoms with E-state index in [1.807, 2.05) is 59.3 Å². The topological polar surface area (TPSA) is 47.0 Å². The number of hydrogen-bond donors (Lipinski definition) is 0. The molecule has 0 saturated heterocycles. The van der Waals surface area contributed by atoms with Gasteiger partial charge in [0.1, 0.15) is 52.7 Å². The summed E-state index contributed by atoms with van der Waals surface area (Å²) < 4.78 is 296. The van der Waals surface area contributed by atoms with Gasteiger partial charge in [0.25, 0.3) is 5.52 Å². The van der Waals surface area contributed by atoms with Crippen molar-refractivity contribution in [1.82, 2.24) is 0 Å². The maximum atomic E-state index is 15.4. The molecule has 0 N–H and O–H groups in total. The molecule has 0 spiro atoms. The molecule has 7 aromatic rings. The zero-order valence-electron chi connectivity index (χ0n) is 30.9. The smallest absolute Gasteiger partial charge is 0.258 e. The highest BCUT2D eigenvalue weighted by Gasteiger charge is 2.52. The zero-order valence-corrected chi connectivity index (χ0v) is 30.9. The minimum atomic E-state index is -7.22. The molecule has 0 atom stereocenters. The van der Waals surface area contributed by atoms with Gasteiger partial charge in [-0.15, -0.1) is 21.9 Å². The Bertz CT molecular complexity index is 2730. The SMILES string of the molecule is Fc1c(F)c(F)c([B-](c2c(F)c(F)c(F)c(F)c2F)(c2c(F)c(F)c(F)c(F)c2F)c2c(F)c(F)c(F)c(F)c2F)c(F)c1F.O=[N+]([O-])c1cccc2ccc[n+](Cc3ccccc3)c12. The van der Waals surface area contributed by atoms with Crippen LogP contribution in [0.25, 0.3) is 10.9 Å². The normalized spacial score (nSPS) is 11.6. The summed E-state index contributed by atoms with van der Waals surface area (Å²) >= 11 is 0. The Morgan fingerprint density at radius 1 is 0.385 bits per heavy atom. The summed E-state index contributed by atoms with van der Waals surface area (Å²) in [5.74, 6) is -71.4. The molecule has 0 saturated carbocycles. The van der Waals surface area contributed by atoms with Crippen LogP contribution in [-0.4, -0.2) is 11.1 Å². The average molecular weight is 944 g/mol. The van der Waals surface area contributed by atoms with E-state index in [2.05, 4.69) is 0 Å². The van der Waals surface area contributed by atoms with Crippen molar-refractivity contribution in [3.05, 3.63) is 199 Å². The summed E-state index contributed by atoms with van der Waals surface area (Å²) in [4.78, 5) is 10.9. The van der Waals surface area contributed by atoms with Crippen LogP contribution in [0.2, 0.25) is 0 Å². The fourth-order valence-electron chi connectivity index (χ4n) is 7.25. The Kier molecular flexibility index (Phi) is 12.7. The fourth-order valence-corrected chi connectivity index (χ4v) is 7.25. The monoisotopic (exact) mass is 944 g/mol. The van der Waals surface area contributed by atoms with Crippen LogP contribution in [0.4, 0.5) is 93.5 Å². The predicted molar refractivity (Wildman–Crippen MR) is 186 cm³/mol. The highest BCUT2D eigenvalue weighted by molar-refractivity contribution is 7.20. The molecule has 0 amide bonds. The summed E-state index contributed by atoms with van der Waals surface area (Å²) in [5, 5.41) is 12.1. The van der Waals surface area contributed by atoms with E-state index in [1.54, 1.807) is 12.1 Å². The van der Waals surface area contributed by atoms with E-state index in [4.69, 9.17) is 0 Å². The van der Waals surface area contributed by atoms with Crippen LogP contribution in [0, 0.1) is 126 Å². The summed E-state index contributed by atoms with van der Waals surface area (Å²) in [6.07, 6.45) is -5.34. The third kappa shape index (κ3) is 7.30. The van der Waals surface area contributed by atoms with Crippen LogP contribution in [0.15, 0.2) is 66.9 Å². The molecule has 1 aromatic heterocycles. The molecule has 0 bridgehead atoms. The van der Waals surface area contributed by atoms with Crippen molar-refractivity contribution >= 4 is 44.6 Å². The molecule has 0 aliphatic carbocycles. The lowest BCUT2D eigenvalue weighted by Crippen LogP contribution is -2.81. The first-order valence-corrected chi connectivity index (χ1v) is 17.3. The molecule has 25 heteroatoms. The van der Waals surface area contributed by atoms with Gasteiger partial charge in [0, 0.05) is 17.7 Å². The van der Waals surface area contributed by atoms with Gasteiger partial charge >= 0.3 is 5.69 Å². The standard InChI is InChI=1S/C24BF20.C16H13N2O2/c26-5-1(6(27)14(35)21(42)13(5)34)25(2-7(28)15(36)22(43)16(37)8(2)29,3-9(30)17(38)23(44)18(39)10(3)31)4-11(32)19(40)24(45)20(41)12(4)33;19-18(20)15-10-4-8-14-9-5-11-17(16(14)15)12-13-6-2-1-3-7-13/h;1-11H,12H2/q-1;+1. The lowest BCUT2D eigenvalue weighted by atomic mass is 9.12. The quantitative estimate of drug-likeness (QED) is 0.0305. The molecule has 6 aromatic carbocycles. The highest BCUT2D eigenvalue weighted by atomic mass is 19.2. The number of nitro benzene ring substituents is 1. The Labute approximate surface area is 347 Å². The maximum Gasteiger partial charge on any atom is 0.340 e. The predicted octanol–water partition coefficient (Wildman–Crippen LogP) is 8.93. The van der Waals surface area contributed by atoms with Gasteiger partial charge in [0.15, 0.2) is 82.5 Å². The van der Waals surface area contributed by atoms with Gasteiger partial charge in [-0.2, -0.15) is 4.57 Å². The van der Waals surface area contributed by atoms with Gasteiger partial charge in [-0.25, -0.2) is 87.8 Å². The molecular formula is C40H13BF20N2O2. The van der Waals surface area contributed by atoms with Crippen LogP contribution in [-0.2, 0) is 6.54 Å². The van der Waals surface area contributed by atoms with Crippen LogP contribution in [0.3, 0.4) is 0 Å². The van der Waals surface area contributed by atoms with Gasteiger partial charge in [-0.05, 0) is 12.1 Å². The lowest BCUT2D eigenvalue weighted by Gasteiger charge is -2.44. The van der Waals surface area contributed by atoms with Crippen molar-refractivity contribution in [3.63, 3.8) is 0 Å². The molecule has 0 radical (unpaired) electrons. The highest BCUT2D eigenvalue weighted by Crippen LogP contribution is 2.31. The van der Waals surface area contributed by atoms with E-state index >= 15 is 35.1 Å². The van der Waals surface area contributed by atoms with Crippen molar-refractivity contribution in [2.75, 3.05) is 0 Å². The number of pyridine rings is 1. The molecule has 4 nitrogen and oxygen atoms in total. The van der Waals surface area contributed by atoms with Crippen molar-refractivity contribution in [1.29, 1.82) is 0 Å². The summed E-state index contributed by atoms with van der Waals surface area (Å²) in [6.45, 7) is 0.614. The number of hydrogen-bond acceptors (Lipinski definition) is 2. The number of rotatable bonds is 7. The molecule has 338 valence electrons. The molecule has 0 aliphatic rings. The van der Waals surface area contributed by atoms with Crippen LogP contribution < -0.4 is 26.4 Å². The second kappa shape index (κ2) is 17.4. The van der Waals surface area contributed by atoms with Gasteiger partial charge in [-0.3, -0.25) is 10.1 Å². The average Bonchev–Trinajstić information content (AvgIpc) is 3.29. The van der Waals surface area contributed by atoms with E-state index in [-0.39, 0.29) is 10.6 Å². The molecule has 7 rings (SSSR count). The summed E-state index contributed by atoms with van der Waals surface area (Å²) in [6, 6.07) is 18.9. The molecule has 65 heavy (non-hydrogen) atoms. The number of halogens is 20. The Morgan fingerprint density at radius 2 is 0.677 bits per heavy atom. The lowest BCUT2D eigenvalue weighted by molar-refractivity contribution is -0.664. The Hall–Kier alpha value is -7.21. The maximum absolute atomic E-state index is 15.4. The second-order valence-corrected chi connectivity index (χ2v) is 13.4. The fraction of sp³-hybridized carbons (Fsp3) is 0.0250. The number of fused-ring (bicyclic) bond motifs is 1. The number of aromatic nitrogens is 1. The molecular weight excluding hydrogens is 931 g/mol. The molecule has 0 fully saturated rings. The number of nitrogens with zero attached hydrogens (tertiary/aromatic N) is 2. The van der Waals surface area contributed by atoms with Crippen molar-refractivity contribution < 1.29 is 97.3 Å². The van der Waals surface area contributed by atoms with Gasteiger partial charge in [0.2, 0.25) is 0 Å². The number of benzene rings is 6. The zero-order chi connectivity index (χ0) is 48.3. The minimum Gasteiger partial charge on any atom is -0.258 e. The first-order chi connectivity index (χ1) is 30.5. The summed E-state index contributed by atoms with van der Waals surface area (Å²) in [5.41, 5.74) is -12.4. The van der Waals surface area contributed by atoms with E-state index in [0.29, 0.717) is 12.1 Å². The summed E-state index contributed by atoms with van der Waals surface area (Å²) in [7, 11) is 0. The van der Waals surface area contributed by atoms with Crippen LogP contribution >= 0.6 is 0 Å².